The van der Waals surface area contributed by atoms with E-state index in [-0.39, 0.29) is 18.9 Å². The minimum absolute atomic E-state index is 0.171. The fourth-order valence-electron chi connectivity index (χ4n) is 4.63. The van der Waals surface area contributed by atoms with Gasteiger partial charge in [-0.2, -0.15) is 13.2 Å². The lowest BCUT2D eigenvalue weighted by molar-refractivity contribution is -0.151. The Kier molecular flexibility index (Phi) is 13.0. The number of hydrogen-bond donors (Lipinski definition) is 1. The van der Waals surface area contributed by atoms with E-state index in [1.54, 1.807) is 12.1 Å². The van der Waals surface area contributed by atoms with E-state index in [0.29, 0.717) is 23.8 Å². The van der Waals surface area contributed by atoms with Gasteiger partial charge in [0, 0.05) is 0 Å². The SMILES string of the molecule is C=C(CO)C(=O)OCC(COC(=O)C(=C)C(F)(F)F)c1ccc(CCC2CCC(CCCCF)CC2)cc1. The van der Waals surface area contributed by atoms with Crippen LogP contribution < -0.4 is 0 Å². The highest BCUT2D eigenvalue weighted by Crippen LogP contribution is 2.34. The molecule has 9 heteroatoms. The molecule has 1 aromatic rings. The molecule has 1 aliphatic carbocycles. The number of benzene rings is 1. The predicted octanol–water partition coefficient (Wildman–Crippen LogP) is 6.40. The molecular formula is C29H38F4O5. The zero-order valence-corrected chi connectivity index (χ0v) is 21.7. The van der Waals surface area contributed by atoms with Crippen molar-refractivity contribution in [2.24, 2.45) is 11.8 Å². The number of ether oxygens (including phenoxy) is 2. The van der Waals surface area contributed by atoms with E-state index in [1.165, 1.54) is 25.7 Å². The largest absolute Gasteiger partial charge is 0.461 e. The first-order valence-electron chi connectivity index (χ1n) is 13.1. The highest BCUT2D eigenvalue weighted by molar-refractivity contribution is 5.89. The molecule has 38 heavy (non-hydrogen) atoms. The Balaban J connectivity index is 1.93. The lowest BCUT2D eigenvalue weighted by Gasteiger charge is -2.28. The van der Waals surface area contributed by atoms with Gasteiger partial charge in [0.2, 0.25) is 0 Å². The van der Waals surface area contributed by atoms with Gasteiger partial charge in [0.15, 0.2) is 0 Å². The Morgan fingerprint density at radius 2 is 1.47 bits per heavy atom. The number of esters is 2. The van der Waals surface area contributed by atoms with Crippen molar-refractivity contribution < 1.29 is 41.7 Å². The van der Waals surface area contributed by atoms with Gasteiger partial charge in [-0.1, -0.05) is 75.9 Å². The lowest BCUT2D eigenvalue weighted by Crippen LogP contribution is -2.25. The summed E-state index contributed by atoms with van der Waals surface area (Å²) in [5.41, 5.74) is -0.0672. The minimum Gasteiger partial charge on any atom is -0.461 e. The Morgan fingerprint density at radius 3 is 2.00 bits per heavy atom. The summed E-state index contributed by atoms with van der Waals surface area (Å²) in [5.74, 6) is -1.81. The molecule has 0 aliphatic heterocycles. The van der Waals surface area contributed by atoms with Crippen molar-refractivity contribution in [3.05, 3.63) is 59.7 Å². The molecule has 1 N–H and O–H groups in total. The number of alkyl halides is 4. The molecule has 212 valence electrons. The summed E-state index contributed by atoms with van der Waals surface area (Å²) >= 11 is 0. The predicted molar refractivity (Wildman–Crippen MR) is 136 cm³/mol. The second-order valence-corrected chi connectivity index (χ2v) is 9.98. The van der Waals surface area contributed by atoms with Crippen LogP contribution in [-0.2, 0) is 25.5 Å². The smallest absolute Gasteiger partial charge is 0.422 e. The number of aliphatic hydroxyl groups is 1. The molecule has 0 amide bonds. The summed E-state index contributed by atoms with van der Waals surface area (Å²) in [4.78, 5) is 23.7. The van der Waals surface area contributed by atoms with Crippen molar-refractivity contribution >= 4 is 11.9 Å². The maximum Gasteiger partial charge on any atom is 0.422 e. The van der Waals surface area contributed by atoms with Gasteiger partial charge in [-0.3, -0.25) is 4.39 Å². The molecule has 1 aliphatic rings. The highest BCUT2D eigenvalue weighted by Gasteiger charge is 2.38. The molecule has 0 saturated heterocycles. The summed E-state index contributed by atoms with van der Waals surface area (Å²) in [7, 11) is 0. The molecule has 1 saturated carbocycles. The standard InChI is InChI=1S/C29H38F4O5/c1-20(17-34)27(35)37-18-26(19-38-28(36)21(2)29(31,32)33)25-14-12-24(13-15-25)11-10-23-8-6-22(7-9-23)5-3-4-16-30/h12-15,22-23,26,34H,1-11,16-19H2. The number of rotatable bonds is 15. The summed E-state index contributed by atoms with van der Waals surface area (Å²) in [5, 5.41) is 9.03. The first kappa shape index (κ1) is 31.5. The molecule has 0 bridgehead atoms. The number of carbonyl (C=O) groups excluding carboxylic acids is 2. The Labute approximate surface area is 221 Å². The van der Waals surface area contributed by atoms with Crippen LogP contribution in [0.4, 0.5) is 17.6 Å². The van der Waals surface area contributed by atoms with Crippen molar-refractivity contribution in [1.82, 2.24) is 0 Å². The molecule has 5 nitrogen and oxygen atoms in total. The zero-order chi connectivity index (χ0) is 28.1. The molecule has 0 radical (unpaired) electrons. The Hall–Kier alpha value is -2.68. The van der Waals surface area contributed by atoms with Crippen molar-refractivity contribution in [2.75, 3.05) is 26.5 Å². The maximum atomic E-state index is 12.7. The number of aliphatic hydroxyl groups excluding tert-OH is 1. The third kappa shape index (κ3) is 10.6. The number of carbonyl (C=O) groups is 2. The lowest BCUT2D eigenvalue weighted by atomic mass is 9.78. The van der Waals surface area contributed by atoms with E-state index in [2.05, 4.69) is 13.2 Å². The van der Waals surface area contributed by atoms with Crippen molar-refractivity contribution in [3.8, 4) is 0 Å². The van der Waals surface area contributed by atoms with Gasteiger partial charge in [0.25, 0.3) is 0 Å². The van der Waals surface area contributed by atoms with Crippen LogP contribution in [0, 0.1) is 11.8 Å². The number of unbranched alkanes of at least 4 members (excludes halogenated alkanes) is 1. The van der Waals surface area contributed by atoms with Gasteiger partial charge >= 0.3 is 18.1 Å². The van der Waals surface area contributed by atoms with E-state index in [4.69, 9.17) is 14.6 Å². The fraction of sp³-hybridized carbons (Fsp3) is 0.586. The van der Waals surface area contributed by atoms with Crippen LogP contribution in [0.1, 0.15) is 68.4 Å². The van der Waals surface area contributed by atoms with Gasteiger partial charge in [0.1, 0.15) is 18.8 Å². The molecular weight excluding hydrogens is 504 g/mol. The molecule has 0 heterocycles. The Morgan fingerprint density at radius 1 is 0.921 bits per heavy atom. The van der Waals surface area contributed by atoms with Crippen molar-refractivity contribution in [1.29, 1.82) is 0 Å². The second-order valence-electron chi connectivity index (χ2n) is 9.98. The average molecular weight is 543 g/mol. The van der Waals surface area contributed by atoms with Crippen LogP contribution in [0.15, 0.2) is 48.6 Å². The summed E-state index contributed by atoms with van der Waals surface area (Å²) in [6.07, 6.45) is 4.51. The van der Waals surface area contributed by atoms with E-state index in [1.807, 2.05) is 12.1 Å². The van der Waals surface area contributed by atoms with E-state index < -0.39 is 42.8 Å². The van der Waals surface area contributed by atoms with Gasteiger partial charge < -0.3 is 14.6 Å². The van der Waals surface area contributed by atoms with Gasteiger partial charge in [0.05, 0.1) is 24.8 Å². The van der Waals surface area contributed by atoms with Gasteiger partial charge in [-0.25, -0.2) is 9.59 Å². The topological polar surface area (TPSA) is 72.8 Å². The number of halogens is 4. The first-order chi connectivity index (χ1) is 18.0. The van der Waals surface area contributed by atoms with Gasteiger partial charge in [-0.15, -0.1) is 0 Å². The third-order valence-corrected chi connectivity index (χ3v) is 7.15. The summed E-state index contributed by atoms with van der Waals surface area (Å²) in [6.45, 7) is 4.54. The molecule has 1 unspecified atom stereocenters. The van der Waals surface area contributed by atoms with Crippen LogP contribution in [0.2, 0.25) is 0 Å². The summed E-state index contributed by atoms with van der Waals surface area (Å²) in [6, 6.07) is 7.39. The summed E-state index contributed by atoms with van der Waals surface area (Å²) < 4.78 is 60.5. The van der Waals surface area contributed by atoms with Crippen LogP contribution in [0.5, 0.6) is 0 Å². The maximum absolute atomic E-state index is 12.7. The normalized spacial score (nSPS) is 18.4. The molecule has 1 atom stereocenters. The molecule has 1 aromatic carbocycles. The minimum atomic E-state index is -4.91. The van der Waals surface area contributed by atoms with Crippen LogP contribution >= 0.6 is 0 Å². The van der Waals surface area contributed by atoms with Crippen LogP contribution in [-0.4, -0.2) is 49.7 Å². The van der Waals surface area contributed by atoms with E-state index in [0.717, 1.165) is 31.2 Å². The quantitative estimate of drug-likeness (QED) is 0.120. The van der Waals surface area contributed by atoms with Crippen molar-refractivity contribution in [3.63, 3.8) is 0 Å². The third-order valence-electron chi connectivity index (χ3n) is 7.15. The first-order valence-corrected chi connectivity index (χ1v) is 13.1. The molecule has 1 fully saturated rings. The van der Waals surface area contributed by atoms with E-state index in [9.17, 15) is 27.2 Å². The van der Waals surface area contributed by atoms with Gasteiger partial charge in [-0.05, 0) is 42.2 Å². The number of aryl methyl sites for hydroxylation is 1. The fourth-order valence-corrected chi connectivity index (χ4v) is 4.63. The van der Waals surface area contributed by atoms with Crippen molar-refractivity contribution in [2.45, 2.75) is 69.9 Å². The number of hydrogen-bond acceptors (Lipinski definition) is 5. The zero-order valence-electron chi connectivity index (χ0n) is 21.7. The molecule has 0 aromatic heterocycles. The van der Waals surface area contributed by atoms with E-state index >= 15 is 0 Å². The average Bonchev–Trinajstić information content (AvgIpc) is 2.91. The monoisotopic (exact) mass is 542 g/mol. The van der Waals surface area contributed by atoms with Crippen LogP contribution in [0.3, 0.4) is 0 Å². The molecule has 0 spiro atoms. The highest BCUT2D eigenvalue weighted by atomic mass is 19.4. The molecule has 2 rings (SSSR count). The van der Waals surface area contributed by atoms with Crippen LogP contribution in [0.25, 0.3) is 0 Å². The second kappa shape index (κ2) is 15.7. The Bertz CT molecular complexity index is 918.